The van der Waals surface area contributed by atoms with Crippen LogP contribution in [0.1, 0.15) is 31.7 Å². The number of primary amides is 1. The summed E-state index contributed by atoms with van der Waals surface area (Å²) in [5.74, 6) is 0.616. The topological polar surface area (TPSA) is 64.3 Å². The van der Waals surface area contributed by atoms with Gasteiger partial charge in [-0.2, -0.15) is 0 Å². The summed E-state index contributed by atoms with van der Waals surface area (Å²) >= 11 is 0. The van der Waals surface area contributed by atoms with Crippen molar-refractivity contribution in [2.75, 3.05) is 13.7 Å². The molecule has 0 bridgehead atoms. The summed E-state index contributed by atoms with van der Waals surface area (Å²) in [5.41, 5.74) is 6.60. The molecular weight excluding hydrogens is 276 g/mol. The molecule has 0 saturated carbocycles. The Kier molecular flexibility index (Phi) is 9.86. The van der Waals surface area contributed by atoms with Crippen LogP contribution in [0.2, 0.25) is 0 Å². The molecule has 3 N–H and O–H groups in total. The third kappa shape index (κ3) is 6.78. The number of hydrogen-bond donors (Lipinski definition) is 2. The van der Waals surface area contributed by atoms with Crippen molar-refractivity contribution in [1.82, 2.24) is 5.32 Å². The van der Waals surface area contributed by atoms with Crippen LogP contribution in [0.15, 0.2) is 24.3 Å². The molecule has 20 heavy (non-hydrogen) atoms. The van der Waals surface area contributed by atoms with E-state index in [1.165, 1.54) is 5.56 Å². The van der Waals surface area contributed by atoms with E-state index >= 15 is 0 Å². The highest BCUT2D eigenvalue weighted by Gasteiger charge is 2.12. The van der Waals surface area contributed by atoms with Gasteiger partial charge < -0.3 is 15.8 Å². The molecule has 4 nitrogen and oxygen atoms in total. The number of ether oxygens (including phenoxy) is 1. The van der Waals surface area contributed by atoms with Gasteiger partial charge in [-0.05, 0) is 43.5 Å². The molecule has 0 unspecified atom stereocenters. The zero-order chi connectivity index (χ0) is 14.1. The van der Waals surface area contributed by atoms with E-state index in [9.17, 15) is 4.79 Å². The third-order valence-electron chi connectivity index (χ3n) is 3.11. The molecule has 1 amide bonds. The molecule has 0 aromatic heterocycles. The van der Waals surface area contributed by atoms with E-state index < -0.39 is 0 Å². The molecule has 114 valence electrons. The molecule has 0 spiro atoms. The second-order valence-corrected chi connectivity index (χ2v) is 4.65. The first-order valence-electron chi connectivity index (χ1n) is 6.83. The Labute approximate surface area is 127 Å². The lowest BCUT2D eigenvalue weighted by atomic mass is 10.1. The fourth-order valence-electron chi connectivity index (χ4n) is 1.99. The number of benzene rings is 1. The van der Waals surface area contributed by atoms with Crippen LogP contribution in [-0.4, -0.2) is 25.6 Å². The van der Waals surface area contributed by atoms with Crippen molar-refractivity contribution in [3.63, 3.8) is 0 Å². The summed E-state index contributed by atoms with van der Waals surface area (Å²) in [6.07, 6.45) is 3.73. The minimum Gasteiger partial charge on any atom is -0.497 e. The zero-order valence-electron chi connectivity index (χ0n) is 12.2. The van der Waals surface area contributed by atoms with Gasteiger partial charge in [0.15, 0.2) is 0 Å². The minimum atomic E-state index is -0.258. The predicted octanol–water partition coefficient (Wildman–Crippen LogP) is 2.29. The van der Waals surface area contributed by atoms with E-state index in [0.29, 0.717) is 0 Å². The first kappa shape index (κ1) is 18.7. The van der Waals surface area contributed by atoms with Crippen molar-refractivity contribution >= 4 is 18.3 Å². The monoisotopic (exact) mass is 300 g/mol. The largest absolute Gasteiger partial charge is 0.497 e. The fraction of sp³-hybridized carbons (Fsp3) is 0.533. The number of nitrogens with one attached hydrogen (secondary N) is 1. The van der Waals surface area contributed by atoms with Gasteiger partial charge in [-0.25, -0.2) is 0 Å². The molecule has 0 fully saturated rings. The predicted molar refractivity (Wildman–Crippen MR) is 84.5 cm³/mol. The van der Waals surface area contributed by atoms with E-state index in [4.69, 9.17) is 10.5 Å². The summed E-state index contributed by atoms with van der Waals surface area (Å²) in [6, 6.07) is 7.87. The molecule has 0 aliphatic rings. The second kappa shape index (κ2) is 10.5. The molecule has 0 radical (unpaired) electrons. The molecule has 1 rings (SSSR count). The molecule has 0 heterocycles. The highest BCUT2D eigenvalue weighted by molar-refractivity contribution is 5.85. The van der Waals surface area contributed by atoms with Crippen LogP contribution in [0.3, 0.4) is 0 Å². The number of nitrogens with two attached hydrogens (primary N) is 1. The lowest BCUT2D eigenvalue weighted by Gasteiger charge is -2.14. The van der Waals surface area contributed by atoms with Crippen LogP contribution in [-0.2, 0) is 11.2 Å². The second-order valence-electron chi connectivity index (χ2n) is 4.65. The lowest BCUT2D eigenvalue weighted by Crippen LogP contribution is -2.41. The molecule has 0 saturated heterocycles. The van der Waals surface area contributed by atoms with E-state index in [1.807, 2.05) is 12.1 Å². The van der Waals surface area contributed by atoms with Gasteiger partial charge in [-0.1, -0.05) is 25.5 Å². The Morgan fingerprint density at radius 3 is 2.50 bits per heavy atom. The Morgan fingerprint density at radius 2 is 2.00 bits per heavy atom. The van der Waals surface area contributed by atoms with Gasteiger partial charge in [-0.3, -0.25) is 4.79 Å². The highest BCUT2D eigenvalue weighted by atomic mass is 35.5. The molecule has 1 atom stereocenters. The number of methoxy groups -OCH3 is 1. The first-order valence-corrected chi connectivity index (χ1v) is 6.83. The molecule has 1 aromatic carbocycles. The molecule has 5 heteroatoms. The average molecular weight is 301 g/mol. The van der Waals surface area contributed by atoms with Crippen LogP contribution >= 0.6 is 12.4 Å². The maximum absolute atomic E-state index is 11.2. The fourth-order valence-corrected chi connectivity index (χ4v) is 1.99. The van der Waals surface area contributed by atoms with Crippen LogP contribution < -0.4 is 15.8 Å². The zero-order valence-corrected chi connectivity index (χ0v) is 13.0. The maximum Gasteiger partial charge on any atom is 0.234 e. The number of aryl methyl sites for hydroxylation is 1. The van der Waals surface area contributed by atoms with E-state index in [1.54, 1.807) is 7.11 Å². The van der Waals surface area contributed by atoms with Gasteiger partial charge in [-0.15, -0.1) is 12.4 Å². The Hall–Kier alpha value is -1.26. The van der Waals surface area contributed by atoms with Crippen LogP contribution in [0.4, 0.5) is 0 Å². The highest BCUT2D eigenvalue weighted by Crippen LogP contribution is 2.12. The quantitative estimate of drug-likeness (QED) is 0.688. The van der Waals surface area contributed by atoms with Crippen molar-refractivity contribution in [2.45, 2.75) is 38.6 Å². The van der Waals surface area contributed by atoms with E-state index in [0.717, 1.165) is 38.0 Å². The Morgan fingerprint density at radius 1 is 1.35 bits per heavy atom. The van der Waals surface area contributed by atoms with Gasteiger partial charge in [0, 0.05) is 0 Å². The SMILES string of the molecule is CCC[C@H](NCCCc1ccc(OC)cc1)C(N)=O.Cl. The van der Waals surface area contributed by atoms with E-state index in [-0.39, 0.29) is 24.4 Å². The maximum atomic E-state index is 11.2. The van der Waals surface area contributed by atoms with Gasteiger partial charge >= 0.3 is 0 Å². The number of hydrogen-bond acceptors (Lipinski definition) is 3. The van der Waals surface area contributed by atoms with Crippen LogP contribution in [0, 0.1) is 0 Å². The summed E-state index contributed by atoms with van der Waals surface area (Å²) in [4.78, 5) is 11.2. The smallest absolute Gasteiger partial charge is 0.234 e. The van der Waals surface area contributed by atoms with Crippen molar-refractivity contribution in [3.05, 3.63) is 29.8 Å². The molecule has 0 aliphatic heterocycles. The molecular formula is C15H25ClN2O2. The standard InChI is InChI=1S/C15H24N2O2.ClH/c1-3-5-14(15(16)18)17-11-4-6-12-7-9-13(19-2)10-8-12;/h7-10,14,17H,3-6,11H2,1-2H3,(H2,16,18);1H/t14-;/m0./s1. The minimum absolute atomic E-state index is 0. The third-order valence-corrected chi connectivity index (χ3v) is 3.11. The van der Waals surface area contributed by atoms with Crippen molar-refractivity contribution in [1.29, 1.82) is 0 Å². The van der Waals surface area contributed by atoms with Gasteiger partial charge in [0.2, 0.25) is 5.91 Å². The first-order chi connectivity index (χ1) is 9.17. The Balaban J connectivity index is 0.00000361. The van der Waals surface area contributed by atoms with Gasteiger partial charge in [0.1, 0.15) is 5.75 Å². The number of carbonyl (C=O) groups is 1. The van der Waals surface area contributed by atoms with Gasteiger partial charge in [0.05, 0.1) is 13.2 Å². The van der Waals surface area contributed by atoms with Gasteiger partial charge in [0.25, 0.3) is 0 Å². The summed E-state index contributed by atoms with van der Waals surface area (Å²) < 4.78 is 5.12. The van der Waals surface area contributed by atoms with Crippen LogP contribution in [0.5, 0.6) is 5.75 Å². The summed E-state index contributed by atoms with van der Waals surface area (Å²) in [6.45, 7) is 2.86. The normalized spacial score (nSPS) is 11.5. The van der Waals surface area contributed by atoms with Crippen molar-refractivity contribution in [2.24, 2.45) is 5.73 Å². The number of rotatable bonds is 9. The van der Waals surface area contributed by atoms with E-state index in [2.05, 4.69) is 24.4 Å². The molecule has 0 aliphatic carbocycles. The number of halogens is 1. The Bertz CT molecular complexity index is 382. The van der Waals surface area contributed by atoms with Crippen LogP contribution in [0.25, 0.3) is 0 Å². The molecule has 1 aromatic rings. The van der Waals surface area contributed by atoms with Crippen molar-refractivity contribution < 1.29 is 9.53 Å². The number of amides is 1. The summed E-state index contributed by atoms with van der Waals surface area (Å²) in [5, 5.41) is 3.21. The average Bonchev–Trinajstić information content (AvgIpc) is 2.42. The lowest BCUT2D eigenvalue weighted by molar-refractivity contribution is -0.120. The van der Waals surface area contributed by atoms with Crippen molar-refractivity contribution in [3.8, 4) is 5.75 Å². The summed E-state index contributed by atoms with van der Waals surface area (Å²) in [7, 11) is 1.66. The number of carbonyl (C=O) groups excluding carboxylic acids is 1.